The number of rotatable bonds is 5. The molecule has 0 bridgehead atoms. The average Bonchev–Trinajstić information content (AvgIpc) is 2.77. The first-order chi connectivity index (χ1) is 15.2. The van der Waals surface area contributed by atoms with Crippen LogP contribution in [0.5, 0.6) is 11.5 Å². The van der Waals surface area contributed by atoms with Crippen molar-refractivity contribution in [1.29, 1.82) is 0 Å². The summed E-state index contributed by atoms with van der Waals surface area (Å²) in [5, 5.41) is 16.7. The molecule has 0 aliphatic heterocycles. The van der Waals surface area contributed by atoms with Crippen molar-refractivity contribution < 1.29 is 27.0 Å². The van der Waals surface area contributed by atoms with E-state index in [1.54, 1.807) is 0 Å². The van der Waals surface area contributed by atoms with E-state index in [2.05, 4.69) is 27.0 Å². The van der Waals surface area contributed by atoms with Crippen LogP contribution in [0.4, 0.5) is 20.4 Å². The predicted octanol–water partition coefficient (Wildman–Crippen LogP) is 1.97. The van der Waals surface area contributed by atoms with Crippen molar-refractivity contribution in [2.24, 2.45) is 0 Å². The number of anilines is 2. The summed E-state index contributed by atoms with van der Waals surface area (Å²) in [6, 6.07) is 3.40. The third kappa shape index (κ3) is 4.86. The van der Waals surface area contributed by atoms with Crippen molar-refractivity contribution in [3.8, 4) is 23.3 Å². The highest BCUT2D eigenvalue weighted by Gasteiger charge is 2.22. The van der Waals surface area contributed by atoms with Gasteiger partial charge in [0.25, 0.3) is 0 Å². The van der Waals surface area contributed by atoms with Crippen LogP contribution in [0.15, 0.2) is 29.3 Å². The maximum atomic E-state index is 14.7. The molecule has 9 nitrogen and oxygen atoms in total. The fourth-order valence-electron chi connectivity index (χ4n) is 2.49. The van der Waals surface area contributed by atoms with Gasteiger partial charge in [0, 0.05) is 16.7 Å². The minimum Gasteiger partial charge on any atom is -0.495 e. The molecule has 5 N–H and O–H groups in total. The van der Waals surface area contributed by atoms with Crippen molar-refractivity contribution in [1.82, 2.24) is 15.2 Å². The number of hydrogen-bond acceptors (Lipinski definition) is 9. The molecule has 1 heterocycles. The van der Waals surface area contributed by atoms with Gasteiger partial charge in [0.15, 0.2) is 17.3 Å². The van der Waals surface area contributed by atoms with Gasteiger partial charge in [-0.3, -0.25) is 0 Å². The second kappa shape index (κ2) is 9.73. The van der Waals surface area contributed by atoms with Gasteiger partial charge in [0.05, 0.1) is 25.5 Å². The van der Waals surface area contributed by atoms with Crippen LogP contribution in [0.1, 0.15) is 16.8 Å². The number of aliphatic hydroxyl groups excluding tert-OH is 1. The molecule has 0 amide bonds. The molecule has 13 heteroatoms. The van der Waals surface area contributed by atoms with Crippen LogP contribution >= 0.6 is 11.6 Å². The van der Waals surface area contributed by atoms with E-state index in [9.17, 15) is 18.1 Å². The largest absolute Gasteiger partial charge is 0.495 e. The van der Waals surface area contributed by atoms with Gasteiger partial charge < -0.3 is 25.5 Å². The molecule has 166 valence electrons. The molecule has 32 heavy (non-hydrogen) atoms. The maximum absolute atomic E-state index is 14.7. The van der Waals surface area contributed by atoms with Gasteiger partial charge in [-0.2, -0.15) is 0 Å². The molecule has 0 aliphatic rings. The van der Waals surface area contributed by atoms with E-state index < -0.39 is 46.3 Å². The van der Waals surface area contributed by atoms with Crippen molar-refractivity contribution in [3.63, 3.8) is 0 Å². The highest BCUT2D eigenvalue weighted by molar-refractivity contribution is 7.80. The lowest BCUT2D eigenvalue weighted by Crippen LogP contribution is -2.09. The first-order valence-electron chi connectivity index (χ1n) is 8.57. The van der Waals surface area contributed by atoms with Crippen LogP contribution in [0.3, 0.4) is 0 Å². The summed E-state index contributed by atoms with van der Waals surface area (Å²) in [5.41, 5.74) is 9.97. The Labute approximate surface area is 188 Å². The Morgan fingerprint density at radius 3 is 2.59 bits per heavy atom. The quantitative estimate of drug-likeness (QED) is 0.367. The smallest absolute Gasteiger partial charge is 0.244 e. The van der Waals surface area contributed by atoms with Crippen LogP contribution < -0.4 is 20.4 Å². The zero-order chi connectivity index (χ0) is 23.4. The van der Waals surface area contributed by atoms with E-state index in [-0.39, 0.29) is 32.9 Å². The summed E-state index contributed by atoms with van der Waals surface area (Å²) in [7, 11) is 1.28. The van der Waals surface area contributed by atoms with E-state index in [0.717, 1.165) is 6.07 Å². The number of nitrogens with zero attached hydrogens (tertiary/aromatic N) is 3. The fraction of sp³-hybridized carbons (Fsp3) is 0.105. The van der Waals surface area contributed by atoms with Gasteiger partial charge in [0.2, 0.25) is 17.0 Å². The van der Waals surface area contributed by atoms with E-state index in [1.807, 2.05) is 0 Å². The molecule has 1 unspecified atom stereocenters. The standard InChI is InChI=1S/C19H14ClF2N5O4S/c1-30-18-9(8-28)4-10(20)5-15(18)32(29)31-14-6-13(21)12(16(22)17(14)23)3-2-11-7-25-19(24)27-26-11/h4-7,28H,8,23H2,1H3,(H2,24,25,27). The Balaban J connectivity index is 1.95. The lowest BCUT2D eigenvalue weighted by Gasteiger charge is -2.14. The predicted molar refractivity (Wildman–Crippen MR) is 112 cm³/mol. The fourth-order valence-corrected chi connectivity index (χ4v) is 3.77. The van der Waals surface area contributed by atoms with Crippen LogP contribution in [0, 0.1) is 23.5 Å². The number of methoxy groups -OCH3 is 1. The van der Waals surface area contributed by atoms with Gasteiger partial charge in [-0.25, -0.2) is 18.0 Å². The molecule has 0 saturated carbocycles. The zero-order valence-corrected chi connectivity index (χ0v) is 17.8. The van der Waals surface area contributed by atoms with Crippen molar-refractivity contribution in [2.45, 2.75) is 11.5 Å². The average molecular weight is 482 g/mol. The van der Waals surface area contributed by atoms with Crippen molar-refractivity contribution >= 4 is 34.3 Å². The first kappa shape index (κ1) is 23.1. The number of nitrogen functional groups attached to an aromatic ring is 2. The minimum atomic E-state index is -2.35. The minimum absolute atomic E-state index is 0.0192. The summed E-state index contributed by atoms with van der Waals surface area (Å²) in [5.74, 6) is 1.70. The van der Waals surface area contributed by atoms with E-state index >= 15 is 0 Å². The Morgan fingerprint density at radius 1 is 1.22 bits per heavy atom. The lowest BCUT2D eigenvalue weighted by atomic mass is 10.1. The van der Waals surface area contributed by atoms with Crippen LogP contribution in [0.25, 0.3) is 0 Å². The molecule has 0 aliphatic carbocycles. The molecule has 0 spiro atoms. The number of halogens is 3. The Bertz CT molecular complexity index is 1270. The van der Waals surface area contributed by atoms with Gasteiger partial charge in [-0.05, 0) is 18.1 Å². The number of hydrogen-bond donors (Lipinski definition) is 3. The molecule has 1 aromatic heterocycles. The monoisotopic (exact) mass is 481 g/mol. The third-order valence-corrected chi connectivity index (χ3v) is 5.14. The van der Waals surface area contributed by atoms with Crippen LogP contribution in [0.2, 0.25) is 5.02 Å². The number of ether oxygens (including phenoxy) is 1. The SMILES string of the molecule is COc1c(CO)cc(Cl)cc1S(=O)Oc1cc(F)c(C#Cc2cnc(N)nn2)c(F)c1N. The van der Waals surface area contributed by atoms with E-state index in [0.29, 0.717) is 0 Å². The first-order valence-corrected chi connectivity index (χ1v) is 10.0. The summed E-state index contributed by atoms with van der Waals surface area (Å²) >= 11 is 3.62. The van der Waals surface area contributed by atoms with E-state index in [1.165, 1.54) is 25.4 Å². The van der Waals surface area contributed by atoms with Gasteiger partial charge in [-0.1, -0.05) is 17.5 Å². The molecule has 2 aromatic carbocycles. The highest BCUT2D eigenvalue weighted by atomic mass is 35.5. The Morgan fingerprint density at radius 2 is 1.97 bits per heavy atom. The Kier molecular flexibility index (Phi) is 7.04. The zero-order valence-electron chi connectivity index (χ0n) is 16.2. The molecule has 0 saturated heterocycles. The van der Waals surface area contributed by atoms with Gasteiger partial charge in [0.1, 0.15) is 22.1 Å². The summed E-state index contributed by atoms with van der Waals surface area (Å²) < 4.78 is 52.2. The number of aromatic nitrogens is 3. The van der Waals surface area contributed by atoms with Crippen molar-refractivity contribution in [3.05, 3.63) is 57.9 Å². The highest BCUT2D eigenvalue weighted by Crippen LogP contribution is 2.35. The second-order valence-corrected chi connectivity index (χ2v) is 7.50. The maximum Gasteiger partial charge on any atom is 0.244 e. The molecule has 0 radical (unpaired) electrons. The second-order valence-electron chi connectivity index (χ2n) is 5.98. The van der Waals surface area contributed by atoms with Crippen LogP contribution in [-0.4, -0.2) is 31.6 Å². The molecule has 3 aromatic rings. The normalized spacial score (nSPS) is 11.4. The number of aliphatic hydroxyl groups is 1. The molecule has 0 fully saturated rings. The molecular weight excluding hydrogens is 468 g/mol. The molecule has 3 rings (SSSR count). The molecule has 1 atom stereocenters. The van der Waals surface area contributed by atoms with Gasteiger partial charge in [-0.15, -0.1) is 10.2 Å². The Hall–Kier alpha value is -3.53. The number of benzene rings is 2. The number of nitrogens with two attached hydrogens (primary N) is 2. The molecular formula is C19H14ClF2N5O4S. The van der Waals surface area contributed by atoms with Crippen LogP contribution in [-0.2, 0) is 17.7 Å². The summed E-state index contributed by atoms with van der Waals surface area (Å²) in [6.45, 7) is -0.458. The topological polar surface area (TPSA) is 146 Å². The summed E-state index contributed by atoms with van der Waals surface area (Å²) in [4.78, 5) is 3.60. The third-order valence-electron chi connectivity index (χ3n) is 3.93. The van der Waals surface area contributed by atoms with Gasteiger partial charge >= 0.3 is 0 Å². The summed E-state index contributed by atoms with van der Waals surface area (Å²) in [6.07, 6.45) is 1.17. The van der Waals surface area contributed by atoms with E-state index in [4.69, 9.17) is 32.0 Å². The lowest BCUT2D eigenvalue weighted by molar-refractivity contribution is 0.272. The van der Waals surface area contributed by atoms with Crippen molar-refractivity contribution in [2.75, 3.05) is 18.6 Å².